The van der Waals surface area contributed by atoms with Crippen molar-refractivity contribution in [3.05, 3.63) is 95.2 Å². The lowest BCUT2D eigenvalue weighted by atomic mass is 9.95. The molecule has 0 bridgehead atoms. The summed E-state index contributed by atoms with van der Waals surface area (Å²) in [5, 5.41) is 28.8. The van der Waals surface area contributed by atoms with Crippen LogP contribution in [0, 0.1) is 0 Å². The molecule has 4 N–H and O–H groups in total. The number of thiocarbonyl (C=S) groups is 1. The summed E-state index contributed by atoms with van der Waals surface area (Å²) in [5.74, 6) is -0.702. The molecular weight excluding hydrogens is 544 g/mol. The Hall–Kier alpha value is -5.10. The van der Waals surface area contributed by atoms with Crippen LogP contribution in [0.4, 0.5) is 11.4 Å². The molecule has 0 radical (unpaired) electrons. The van der Waals surface area contributed by atoms with E-state index in [4.69, 9.17) is 21.7 Å². The van der Waals surface area contributed by atoms with E-state index in [0.717, 1.165) is 0 Å². The molecule has 1 atom stereocenters. The maximum atomic E-state index is 12.7. The highest BCUT2D eigenvalue weighted by Crippen LogP contribution is 2.33. The highest BCUT2D eigenvalue weighted by Gasteiger charge is 2.32. The van der Waals surface area contributed by atoms with Crippen molar-refractivity contribution >= 4 is 46.8 Å². The van der Waals surface area contributed by atoms with Crippen LogP contribution >= 0.6 is 12.2 Å². The smallest absolute Gasteiger partial charge is 0.338 e. The number of para-hydroxylation sites is 1. The van der Waals surface area contributed by atoms with Gasteiger partial charge in [-0.1, -0.05) is 36.4 Å². The number of azo groups is 1. The summed E-state index contributed by atoms with van der Waals surface area (Å²) < 4.78 is 11.0. The number of hydrogen-bond donors (Lipinski definition) is 4. The van der Waals surface area contributed by atoms with E-state index in [0.29, 0.717) is 44.6 Å². The van der Waals surface area contributed by atoms with Crippen molar-refractivity contribution in [1.82, 2.24) is 16.1 Å². The Morgan fingerprint density at radius 3 is 2.56 bits per heavy atom. The lowest BCUT2D eigenvalue weighted by Gasteiger charge is -2.30. The van der Waals surface area contributed by atoms with E-state index >= 15 is 0 Å². The second kappa shape index (κ2) is 13.8. The zero-order valence-electron chi connectivity index (χ0n) is 22.3. The molecule has 0 saturated carbocycles. The number of hydrogen-bond acceptors (Lipinski definition) is 9. The quantitative estimate of drug-likeness (QED) is 0.0900. The Balaban J connectivity index is 1.41. The third-order valence-electron chi connectivity index (χ3n) is 5.79. The van der Waals surface area contributed by atoms with Crippen molar-refractivity contribution in [3.63, 3.8) is 0 Å². The van der Waals surface area contributed by atoms with Gasteiger partial charge in [0.1, 0.15) is 11.5 Å². The van der Waals surface area contributed by atoms with Gasteiger partial charge in [-0.2, -0.15) is 15.3 Å². The molecule has 3 aromatic rings. The van der Waals surface area contributed by atoms with Crippen LogP contribution in [0.2, 0.25) is 0 Å². The number of esters is 1. The Kier molecular flexibility index (Phi) is 9.73. The molecule has 12 heteroatoms. The first-order chi connectivity index (χ1) is 19.9. The molecule has 0 saturated heterocycles. The zero-order chi connectivity index (χ0) is 29.2. The van der Waals surface area contributed by atoms with Crippen LogP contribution in [0.25, 0.3) is 0 Å². The number of benzene rings is 3. The van der Waals surface area contributed by atoms with Crippen molar-refractivity contribution < 1.29 is 24.2 Å². The summed E-state index contributed by atoms with van der Waals surface area (Å²) >= 11 is 5.30. The average molecular weight is 573 g/mol. The molecule has 0 fully saturated rings. The number of phenols is 1. The van der Waals surface area contributed by atoms with Gasteiger partial charge < -0.3 is 25.2 Å². The molecule has 0 unspecified atom stereocenters. The fourth-order valence-corrected chi connectivity index (χ4v) is 4.19. The van der Waals surface area contributed by atoms with Gasteiger partial charge in [0.05, 0.1) is 35.8 Å². The third-order valence-corrected chi connectivity index (χ3v) is 6.01. The molecular formula is C29H28N6O5S. The monoisotopic (exact) mass is 572 g/mol. The Morgan fingerprint density at radius 1 is 1.05 bits per heavy atom. The molecule has 1 heterocycles. The van der Waals surface area contributed by atoms with Gasteiger partial charge in [-0.3, -0.25) is 4.79 Å². The van der Waals surface area contributed by atoms with Gasteiger partial charge in [0, 0.05) is 16.8 Å². The first-order valence-corrected chi connectivity index (χ1v) is 13.1. The van der Waals surface area contributed by atoms with E-state index in [2.05, 4.69) is 31.4 Å². The molecule has 1 aliphatic heterocycles. The molecule has 11 nitrogen and oxygen atoms in total. The second-order valence-electron chi connectivity index (χ2n) is 8.69. The standard InChI is InChI=1S/C29H28N6O5S/c1-3-39-28(38)26-18(2)31-29(41)32-27(26)22-11-7-8-12-24(22)40-17-25(37)35-30-16-19-15-21(13-14-23(19)36)34-33-20-9-5-4-6-10-20/h4-16,27,36H,3,17H2,1-2H3,(H,35,37)(H2,31,32,41)/t27-/m1/s1. The summed E-state index contributed by atoms with van der Waals surface area (Å²) in [6, 6.07) is 20.2. The molecule has 0 aliphatic carbocycles. The number of aromatic hydroxyl groups is 1. The Morgan fingerprint density at radius 2 is 1.78 bits per heavy atom. The lowest BCUT2D eigenvalue weighted by molar-refractivity contribution is -0.139. The van der Waals surface area contributed by atoms with Crippen molar-refractivity contribution in [2.45, 2.75) is 19.9 Å². The van der Waals surface area contributed by atoms with E-state index in [9.17, 15) is 14.7 Å². The van der Waals surface area contributed by atoms with Crippen LogP contribution in [0.1, 0.15) is 31.0 Å². The lowest BCUT2D eigenvalue weighted by Crippen LogP contribution is -2.45. The van der Waals surface area contributed by atoms with Gasteiger partial charge in [-0.15, -0.1) is 0 Å². The van der Waals surface area contributed by atoms with Crippen LogP contribution in [0.5, 0.6) is 11.5 Å². The minimum absolute atomic E-state index is 0.0417. The fourth-order valence-electron chi connectivity index (χ4n) is 3.92. The van der Waals surface area contributed by atoms with E-state index in [-0.39, 0.29) is 19.0 Å². The van der Waals surface area contributed by atoms with Crippen LogP contribution in [0.15, 0.2) is 99.4 Å². The number of hydrazone groups is 1. The van der Waals surface area contributed by atoms with E-state index in [1.54, 1.807) is 50.2 Å². The van der Waals surface area contributed by atoms with Crippen LogP contribution in [-0.2, 0) is 14.3 Å². The number of carbonyl (C=O) groups excluding carboxylic acids is 2. The largest absolute Gasteiger partial charge is 0.507 e. The van der Waals surface area contributed by atoms with Gasteiger partial charge in [0.15, 0.2) is 11.7 Å². The molecule has 1 aliphatic rings. The van der Waals surface area contributed by atoms with Crippen molar-refractivity contribution in [2.75, 3.05) is 13.2 Å². The van der Waals surface area contributed by atoms with Gasteiger partial charge in [-0.25, -0.2) is 10.2 Å². The van der Waals surface area contributed by atoms with Gasteiger partial charge >= 0.3 is 5.97 Å². The number of amides is 1. The van der Waals surface area contributed by atoms with Gasteiger partial charge in [0.25, 0.3) is 5.91 Å². The van der Waals surface area contributed by atoms with Gasteiger partial charge in [0.2, 0.25) is 0 Å². The molecule has 1 amide bonds. The predicted octanol–water partition coefficient (Wildman–Crippen LogP) is 4.69. The molecule has 3 aromatic carbocycles. The van der Waals surface area contributed by atoms with E-state index < -0.39 is 17.9 Å². The highest BCUT2D eigenvalue weighted by atomic mass is 32.1. The highest BCUT2D eigenvalue weighted by molar-refractivity contribution is 7.80. The average Bonchev–Trinajstić information content (AvgIpc) is 2.96. The predicted molar refractivity (Wildman–Crippen MR) is 157 cm³/mol. The van der Waals surface area contributed by atoms with Crippen molar-refractivity contribution in [2.24, 2.45) is 15.3 Å². The first-order valence-electron chi connectivity index (χ1n) is 12.6. The first kappa shape index (κ1) is 28.9. The maximum absolute atomic E-state index is 12.7. The van der Waals surface area contributed by atoms with Crippen LogP contribution < -0.4 is 20.8 Å². The maximum Gasteiger partial charge on any atom is 0.338 e. The summed E-state index contributed by atoms with van der Waals surface area (Å²) in [5.41, 5.74) is 5.41. The number of carbonyl (C=O) groups is 2. The summed E-state index contributed by atoms with van der Waals surface area (Å²) in [4.78, 5) is 25.2. The third kappa shape index (κ3) is 7.73. The molecule has 41 heavy (non-hydrogen) atoms. The number of phenolic OH excluding ortho intramolecular Hbond substituents is 1. The van der Waals surface area contributed by atoms with E-state index in [1.165, 1.54) is 12.3 Å². The number of ether oxygens (including phenoxy) is 2. The summed E-state index contributed by atoms with van der Waals surface area (Å²) in [6.07, 6.45) is 1.29. The minimum Gasteiger partial charge on any atom is -0.507 e. The topological polar surface area (TPSA) is 146 Å². The molecule has 4 rings (SSSR count). The van der Waals surface area contributed by atoms with Crippen molar-refractivity contribution in [1.29, 1.82) is 0 Å². The molecule has 0 spiro atoms. The van der Waals surface area contributed by atoms with E-state index in [1.807, 2.05) is 30.3 Å². The van der Waals surface area contributed by atoms with Crippen molar-refractivity contribution in [3.8, 4) is 11.5 Å². The SMILES string of the molecule is CCOC(=O)C1=C(C)NC(=S)N[C@@H]1c1ccccc1OCC(=O)NN=Cc1cc(N=Nc2ccccc2)ccc1O. The number of nitrogens with one attached hydrogen (secondary N) is 3. The second-order valence-corrected chi connectivity index (χ2v) is 9.10. The Labute approximate surface area is 242 Å². The molecule has 0 aromatic heterocycles. The Bertz CT molecular complexity index is 1520. The summed E-state index contributed by atoms with van der Waals surface area (Å²) in [7, 11) is 0. The van der Waals surface area contributed by atoms with Crippen LogP contribution in [0.3, 0.4) is 0 Å². The number of nitrogens with zero attached hydrogens (tertiary/aromatic N) is 3. The van der Waals surface area contributed by atoms with Crippen LogP contribution in [-0.4, -0.2) is 41.5 Å². The van der Waals surface area contributed by atoms with Gasteiger partial charge in [-0.05, 0) is 62.5 Å². The normalized spacial score (nSPS) is 15.0. The minimum atomic E-state index is -0.644. The summed E-state index contributed by atoms with van der Waals surface area (Å²) in [6.45, 7) is 3.31. The zero-order valence-corrected chi connectivity index (χ0v) is 23.1. The number of allylic oxidation sites excluding steroid dienone is 1. The fraction of sp³-hybridized carbons (Fsp3) is 0.172. The number of rotatable bonds is 10. The molecule has 210 valence electrons.